The molecule has 1 aromatic carbocycles. The van der Waals surface area contributed by atoms with Crippen molar-refractivity contribution in [3.8, 4) is 0 Å². The van der Waals surface area contributed by atoms with Crippen LogP contribution in [0.25, 0.3) is 0 Å². The highest BCUT2D eigenvalue weighted by atomic mass is 19.1. The summed E-state index contributed by atoms with van der Waals surface area (Å²) in [6.45, 7) is -0.219. The number of rotatable bonds is 4. The Balaban J connectivity index is 2.28. The van der Waals surface area contributed by atoms with Crippen molar-refractivity contribution in [1.82, 2.24) is 0 Å². The van der Waals surface area contributed by atoms with E-state index in [0.29, 0.717) is 6.42 Å². The Morgan fingerprint density at radius 3 is 2.55 bits per heavy atom. The van der Waals surface area contributed by atoms with Gasteiger partial charge in [0, 0.05) is 0 Å². The van der Waals surface area contributed by atoms with E-state index in [9.17, 15) is 4.39 Å². The van der Waals surface area contributed by atoms with Gasteiger partial charge in [0.05, 0.1) is 6.67 Å². The molecule has 0 heterocycles. The first kappa shape index (κ1) is 8.25. The van der Waals surface area contributed by atoms with Crippen molar-refractivity contribution in [2.75, 3.05) is 6.67 Å². The van der Waals surface area contributed by atoms with Crippen LogP contribution in [0.2, 0.25) is 0 Å². The Labute approximate surface area is 67.1 Å². The standard InChI is InChI=1S/C10H12F/c11-9-5-4-8-10-6-2-1-3-7-10/h1-3,6-8H,4-5,9H2. The Bertz CT molecular complexity index is 181. The summed E-state index contributed by atoms with van der Waals surface area (Å²) in [7, 11) is 0. The highest BCUT2D eigenvalue weighted by molar-refractivity contribution is 5.21. The predicted molar refractivity (Wildman–Crippen MR) is 45.1 cm³/mol. The number of hydrogen-bond donors (Lipinski definition) is 0. The molecule has 1 heteroatoms. The predicted octanol–water partition coefficient (Wildman–Crippen LogP) is 2.99. The molecule has 1 radical (unpaired) electrons. The van der Waals surface area contributed by atoms with Crippen LogP contribution in [0.5, 0.6) is 0 Å². The lowest BCUT2D eigenvalue weighted by atomic mass is 10.1. The fourth-order valence-corrected chi connectivity index (χ4v) is 0.935. The summed E-state index contributed by atoms with van der Waals surface area (Å²) in [5, 5.41) is 0. The monoisotopic (exact) mass is 151 g/mol. The second kappa shape index (κ2) is 4.89. The summed E-state index contributed by atoms with van der Waals surface area (Å²) >= 11 is 0. The van der Waals surface area contributed by atoms with E-state index in [1.165, 1.54) is 5.56 Å². The Morgan fingerprint density at radius 1 is 1.18 bits per heavy atom. The van der Waals surface area contributed by atoms with Crippen molar-refractivity contribution >= 4 is 0 Å². The Hall–Kier alpha value is -0.850. The summed E-state index contributed by atoms with van der Waals surface area (Å²) in [6, 6.07) is 10.0. The topological polar surface area (TPSA) is 0 Å². The van der Waals surface area contributed by atoms with Gasteiger partial charge in [-0.2, -0.15) is 0 Å². The van der Waals surface area contributed by atoms with Gasteiger partial charge in [-0.15, -0.1) is 0 Å². The maximum Gasteiger partial charge on any atom is 0.0894 e. The normalized spacial score (nSPS) is 9.91. The third kappa shape index (κ3) is 3.17. The van der Waals surface area contributed by atoms with Gasteiger partial charge in [0.2, 0.25) is 0 Å². The SMILES string of the molecule is FCCC[CH]c1ccccc1. The molecule has 0 nitrogen and oxygen atoms in total. The fourth-order valence-electron chi connectivity index (χ4n) is 0.935. The van der Waals surface area contributed by atoms with Crippen molar-refractivity contribution in [3.05, 3.63) is 42.3 Å². The number of unbranched alkanes of at least 4 members (excludes halogenated alkanes) is 1. The van der Waals surface area contributed by atoms with Crippen LogP contribution in [0.15, 0.2) is 30.3 Å². The summed E-state index contributed by atoms with van der Waals surface area (Å²) in [6.07, 6.45) is 3.52. The van der Waals surface area contributed by atoms with E-state index in [1.54, 1.807) is 0 Å². The summed E-state index contributed by atoms with van der Waals surface area (Å²) in [4.78, 5) is 0. The van der Waals surface area contributed by atoms with Gasteiger partial charge in [-0.05, 0) is 24.8 Å². The van der Waals surface area contributed by atoms with Gasteiger partial charge in [-0.3, -0.25) is 4.39 Å². The third-order valence-electron chi connectivity index (χ3n) is 1.52. The van der Waals surface area contributed by atoms with Crippen molar-refractivity contribution in [2.45, 2.75) is 12.8 Å². The fraction of sp³-hybridized carbons (Fsp3) is 0.300. The molecule has 0 aromatic heterocycles. The molecule has 59 valence electrons. The summed E-state index contributed by atoms with van der Waals surface area (Å²) in [5.74, 6) is 0. The lowest BCUT2D eigenvalue weighted by molar-refractivity contribution is 0.472. The van der Waals surface area contributed by atoms with Gasteiger partial charge < -0.3 is 0 Å². The van der Waals surface area contributed by atoms with Crippen LogP contribution in [0.4, 0.5) is 4.39 Å². The molecular weight excluding hydrogens is 139 g/mol. The Morgan fingerprint density at radius 2 is 1.91 bits per heavy atom. The minimum absolute atomic E-state index is 0.219. The molecule has 0 aliphatic carbocycles. The second-order valence-corrected chi connectivity index (χ2v) is 2.45. The molecule has 11 heavy (non-hydrogen) atoms. The first-order chi connectivity index (χ1) is 5.43. The minimum atomic E-state index is -0.219. The number of benzene rings is 1. The molecule has 0 spiro atoms. The van der Waals surface area contributed by atoms with Crippen LogP contribution in [0.1, 0.15) is 18.4 Å². The van der Waals surface area contributed by atoms with Gasteiger partial charge in [-0.1, -0.05) is 30.3 Å². The first-order valence-electron chi connectivity index (χ1n) is 3.87. The molecule has 0 saturated carbocycles. The molecule has 0 aliphatic rings. The van der Waals surface area contributed by atoms with E-state index in [0.717, 1.165) is 6.42 Å². The van der Waals surface area contributed by atoms with Crippen LogP contribution >= 0.6 is 0 Å². The molecule has 1 aromatic rings. The van der Waals surface area contributed by atoms with Crippen molar-refractivity contribution in [2.24, 2.45) is 0 Å². The molecular formula is C10H12F. The number of hydrogen-bond acceptors (Lipinski definition) is 0. The smallest absolute Gasteiger partial charge is 0.0894 e. The lowest BCUT2D eigenvalue weighted by Gasteiger charge is -1.96. The first-order valence-corrected chi connectivity index (χ1v) is 3.87. The van der Waals surface area contributed by atoms with Crippen LogP contribution in [-0.2, 0) is 0 Å². The molecule has 0 saturated heterocycles. The zero-order valence-electron chi connectivity index (χ0n) is 6.46. The van der Waals surface area contributed by atoms with E-state index in [2.05, 4.69) is 6.42 Å². The molecule has 0 aliphatic heterocycles. The van der Waals surface area contributed by atoms with E-state index < -0.39 is 0 Å². The molecule has 0 fully saturated rings. The maximum atomic E-state index is 11.7. The van der Waals surface area contributed by atoms with E-state index in [-0.39, 0.29) is 6.67 Å². The van der Waals surface area contributed by atoms with Crippen LogP contribution < -0.4 is 0 Å². The van der Waals surface area contributed by atoms with E-state index >= 15 is 0 Å². The van der Waals surface area contributed by atoms with Crippen LogP contribution in [0, 0.1) is 6.42 Å². The number of alkyl halides is 1. The van der Waals surface area contributed by atoms with Crippen LogP contribution in [0.3, 0.4) is 0 Å². The summed E-state index contributed by atoms with van der Waals surface area (Å²) in [5.41, 5.74) is 1.18. The van der Waals surface area contributed by atoms with E-state index in [4.69, 9.17) is 0 Å². The van der Waals surface area contributed by atoms with Gasteiger partial charge in [0.15, 0.2) is 0 Å². The number of halogens is 1. The zero-order chi connectivity index (χ0) is 7.94. The van der Waals surface area contributed by atoms with Gasteiger partial charge in [-0.25, -0.2) is 0 Å². The Kier molecular flexibility index (Phi) is 3.67. The largest absolute Gasteiger partial charge is 0.251 e. The highest BCUT2D eigenvalue weighted by Crippen LogP contribution is 2.06. The molecule has 0 amide bonds. The van der Waals surface area contributed by atoms with Crippen molar-refractivity contribution < 1.29 is 4.39 Å². The van der Waals surface area contributed by atoms with E-state index in [1.807, 2.05) is 30.3 Å². The third-order valence-corrected chi connectivity index (χ3v) is 1.52. The van der Waals surface area contributed by atoms with Crippen molar-refractivity contribution in [1.29, 1.82) is 0 Å². The second-order valence-electron chi connectivity index (χ2n) is 2.45. The van der Waals surface area contributed by atoms with Crippen LogP contribution in [-0.4, -0.2) is 6.67 Å². The quantitative estimate of drug-likeness (QED) is 0.580. The molecule has 0 bridgehead atoms. The van der Waals surface area contributed by atoms with Gasteiger partial charge in [0.25, 0.3) is 0 Å². The summed E-state index contributed by atoms with van der Waals surface area (Å²) < 4.78 is 11.7. The maximum absolute atomic E-state index is 11.7. The zero-order valence-corrected chi connectivity index (χ0v) is 6.46. The van der Waals surface area contributed by atoms with Crippen molar-refractivity contribution in [3.63, 3.8) is 0 Å². The average molecular weight is 151 g/mol. The van der Waals surface area contributed by atoms with Gasteiger partial charge in [0.1, 0.15) is 0 Å². The molecule has 0 unspecified atom stereocenters. The minimum Gasteiger partial charge on any atom is -0.251 e. The molecule has 0 atom stereocenters. The average Bonchev–Trinajstić information content (AvgIpc) is 2.07. The highest BCUT2D eigenvalue weighted by Gasteiger charge is 1.90. The van der Waals surface area contributed by atoms with Gasteiger partial charge >= 0.3 is 0 Å². The molecule has 0 N–H and O–H groups in total. The molecule has 1 rings (SSSR count). The lowest BCUT2D eigenvalue weighted by Crippen LogP contribution is -1.82.